The van der Waals surface area contributed by atoms with E-state index in [2.05, 4.69) is 16.4 Å². The van der Waals surface area contributed by atoms with E-state index in [1.54, 1.807) is 6.08 Å². The molecule has 0 aromatic heterocycles. The molecule has 1 rings (SSSR count). The summed E-state index contributed by atoms with van der Waals surface area (Å²) in [5, 5.41) is 10.2. The van der Waals surface area contributed by atoms with Crippen molar-refractivity contribution in [1.82, 2.24) is 0 Å². The summed E-state index contributed by atoms with van der Waals surface area (Å²) in [5.74, 6) is -1.83. The van der Waals surface area contributed by atoms with Crippen LogP contribution < -0.4 is 0 Å². The average Bonchev–Trinajstić information content (AvgIpc) is 2.44. The van der Waals surface area contributed by atoms with Crippen molar-refractivity contribution in [2.45, 2.75) is 39.2 Å². The molecular formula is C15H24O5. The maximum Gasteiger partial charge on any atom is 0.320 e. The van der Waals surface area contributed by atoms with Gasteiger partial charge in [0.15, 0.2) is 5.92 Å². The Morgan fingerprint density at radius 3 is 2.35 bits per heavy atom. The molecular weight excluding hydrogens is 260 g/mol. The summed E-state index contributed by atoms with van der Waals surface area (Å²) in [6, 6.07) is 0. The molecule has 0 bridgehead atoms. The third kappa shape index (κ3) is 3.39. The molecule has 5 nitrogen and oxygen atoms in total. The van der Waals surface area contributed by atoms with Gasteiger partial charge in [-0.1, -0.05) is 26.0 Å². The first-order chi connectivity index (χ1) is 9.36. The second kappa shape index (κ2) is 6.88. The molecule has 1 N–H and O–H groups in total. The van der Waals surface area contributed by atoms with Gasteiger partial charge in [-0.15, -0.1) is 0 Å². The molecule has 0 spiro atoms. The van der Waals surface area contributed by atoms with Gasteiger partial charge in [0, 0.05) is 0 Å². The van der Waals surface area contributed by atoms with Crippen LogP contribution in [-0.2, 0) is 19.1 Å². The fourth-order valence-corrected chi connectivity index (χ4v) is 2.66. The van der Waals surface area contributed by atoms with Crippen molar-refractivity contribution >= 4 is 11.9 Å². The molecule has 1 aliphatic carbocycles. The van der Waals surface area contributed by atoms with Gasteiger partial charge in [-0.05, 0) is 30.6 Å². The molecule has 0 radical (unpaired) electrons. The van der Waals surface area contributed by atoms with E-state index < -0.39 is 24.0 Å². The number of carbonyl (C=O) groups excluding carboxylic acids is 2. The third-order valence-corrected chi connectivity index (χ3v) is 4.55. The maximum atomic E-state index is 11.7. The molecule has 1 aliphatic rings. The van der Waals surface area contributed by atoms with Crippen molar-refractivity contribution in [2.75, 3.05) is 14.2 Å². The van der Waals surface area contributed by atoms with Crippen LogP contribution in [0.5, 0.6) is 0 Å². The number of ether oxygens (including phenoxy) is 2. The van der Waals surface area contributed by atoms with Gasteiger partial charge in [0.2, 0.25) is 0 Å². The minimum absolute atomic E-state index is 0.276. The molecule has 0 saturated heterocycles. The SMILES string of the molecule is COC(=O)C(CC[C@]1(C)[C@@H](O)C=CC[C@@H]1C)C(=O)OC. The number of esters is 2. The molecule has 114 valence electrons. The van der Waals surface area contributed by atoms with Gasteiger partial charge < -0.3 is 14.6 Å². The minimum Gasteiger partial charge on any atom is -0.468 e. The number of hydrogen-bond donors (Lipinski definition) is 1. The number of rotatable bonds is 5. The van der Waals surface area contributed by atoms with Crippen LogP contribution in [0, 0.1) is 17.3 Å². The lowest BCUT2D eigenvalue weighted by Crippen LogP contribution is -2.40. The van der Waals surface area contributed by atoms with Crippen LogP contribution in [0.15, 0.2) is 12.2 Å². The number of hydrogen-bond acceptors (Lipinski definition) is 5. The van der Waals surface area contributed by atoms with E-state index in [0.717, 1.165) is 6.42 Å². The number of allylic oxidation sites excluding steroid dienone is 1. The van der Waals surface area contributed by atoms with Crippen LogP contribution >= 0.6 is 0 Å². The van der Waals surface area contributed by atoms with Gasteiger partial charge in [0.05, 0.1) is 20.3 Å². The normalized spacial score (nSPS) is 29.3. The highest BCUT2D eigenvalue weighted by molar-refractivity contribution is 5.94. The Morgan fingerprint density at radius 1 is 1.35 bits per heavy atom. The lowest BCUT2D eigenvalue weighted by molar-refractivity contribution is -0.159. The summed E-state index contributed by atoms with van der Waals surface area (Å²) in [6.07, 6.45) is 4.93. The first-order valence-electron chi connectivity index (χ1n) is 6.87. The van der Waals surface area contributed by atoms with Gasteiger partial charge in [0.1, 0.15) is 0 Å². The Kier molecular flexibility index (Phi) is 5.74. The number of carbonyl (C=O) groups is 2. The van der Waals surface area contributed by atoms with Crippen molar-refractivity contribution < 1.29 is 24.2 Å². The van der Waals surface area contributed by atoms with E-state index in [0.29, 0.717) is 12.8 Å². The molecule has 20 heavy (non-hydrogen) atoms. The Balaban J connectivity index is 2.78. The highest BCUT2D eigenvalue weighted by atomic mass is 16.5. The molecule has 0 saturated carbocycles. The predicted molar refractivity (Wildman–Crippen MR) is 73.8 cm³/mol. The molecule has 0 aromatic carbocycles. The Bertz CT molecular complexity index is 374. The van der Waals surface area contributed by atoms with Crippen LogP contribution in [0.3, 0.4) is 0 Å². The van der Waals surface area contributed by atoms with Gasteiger partial charge in [-0.3, -0.25) is 9.59 Å². The summed E-state index contributed by atoms with van der Waals surface area (Å²) >= 11 is 0. The summed E-state index contributed by atoms with van der Waals surface area (Å²) in [7, 11) is 2.50. The Morgan fingerprint density at radius 2 is 1.90 bits per heavy atom. The molecule has 0 fully saturated rings. The molecule has 0 aliphatic heterocycles. The second-order valence-corrected chi connectivity index (χ2v) is 5.65. The summed E-state index contributed by atoms with van der Waals surface area (Å²) in [4.78, 5) is 23.3. The zero-order chi connectivity index (χ0) is 15.3. The van der Waals surface area contributed by atoms with Gasteiger partial charge in [-0.25, -0.2) is 0 Å². The van der Waals surface area contributed by atoms with E-state index in [1.165, 1.54) is 14.2 Å². The predicted octanol–water partition coefficient (Wildman–Crippen LogP) is 1.69. The van der Waals surface area contributed by atoms with Crippen LogP contribution in [0.1, 0.15) is 33.1 Å². The van der Waals surface area contributed by atoms with Crippen LogP contribution in [0.25, 0.3) is 0 Å². The first-order valence-corrected chi connectivity index (χ1v) is 6.87. The fraction of sp³-hybridized carbons (Fsp3) is 0.733. The van der Waals surface area contributed by atoms with E-state index in [-0.39, 0.29) is 11.3 Å². The van der Waals surface area contributed by atoms with E-state index >= 15 is 0 Å². The number of methoxy groups -OCH3 is 2. The molecule has 0 amide bonds. The quantitative estimate of drug-likeness (QED) is 0.472. The average molecular weight is 284 g/mol. The van der Waals surface area contributed by atoms with E-state index in [1.807, 2.05) is 13.0 Å². The smallest absolute Gasteiger partial charge is 0.320 e. The Hall–Kier alpha value is -1.36. The maximum absolute atomic E-state index is 11.7. The van der Waals surface area contributed by atoms with Crippen LogP contribution in [0.4, 0.5) is 0 Å². The molecule has 0 aromatic rings. The molecule has 5 heteroatoms. The lowest BCUT2D eigenvalue weighted by atomic mass is 9.66. The highest BCUT2D eigenvalue weighted by Crippen LogP contribution is 2.42. The second-order valence-electron chi connectivity index (χ2n) is 5.65. The van der Waals surface area contributed by atoms with Crippen molar-refractivity contribution in [3.63, 3.8) is 0 Å². The van der Waals surface area contributed by atoms with Gasteiger partial charge >= 0.3 is 11.9 Å². The summed E-state index contributed by atoms with van der Waals surface area (Å²) in [6.45, 7) is 4.05. The summed E-state index contributed by atoms with van der Waals surface area (Å²) in [5.41, 5.74) is -0.352. The van der Waals surface area contributed by atoms with E-state index in [9.17, 15) is 14.7 Å². The van der Waals surface area contributed by atoms with Gasteiger partial charge in [-0.2, -0.15) is 0 Å². The van der Waals surface area contributed by atoms with Crippen molar-refractivity contribution in [3.8, 4) is 0 Å². The number of aliphatic hydroxyl groups is 1. The Labute approximate surface area is 119 Å². The van der Waals surface area contributed by atoms with Crippen LogP contribution in [0.2, 0.25) is 0 Å². The highest BCUT2D eigenvalue weighted by Gasteiger charge is 2.40. The fourth-order valence-electron chi connectivity index (χ4n) is 2.66. The third-order valence-electron chi connectivity index (χ3n) is 4.55. The molecule has 3 atom stereocenters. The molecule has 0 heterocycles. The largest absolute Gasteiger partial charge is 0.468 e. The first kappa shape index (κ1) is 16.7. The zero-order valence-corrected chi connectivity index (χ0v) is 12.6. The van der Waals surface area contributed by atoms with E-state index in [4.69, 9.17) is 0 Å². The van der Waals surface area contributed by atoms with Crippen molar-refractivity contribution in [3.05, 3.63) is 12.2 Å². The van der Waals surface area contributed by atoms with Crippen molar-refractivity contribution in [1.29, 1.82) is 0 Å². The van der Waals surface area contributed by atoms with Crippen molar-refractivity contribution in [2.24, 2.45) is 17.3 Å². The summed E-state index contributed by atoms with van der Waals surface area (Å²) < 4.78 is 9.29. The minimum atomic E-state index is -0.924. The topological polar surface area (TPSA) is 72.8 Å². The van der Waals surface area contributed by atoms with Gasteiger partial charge in [0.25, 0.3) is 0 Å². The lowest BCUT2D eigenvalue weighted by Gasteiger charge is -2.41. The monoisotopic (exact) mass is 284 g/mol. The standard InChI is InChI=1S/C15H24O5/c1-10-6-5-7-12(16)15(10,2)9-8-11(13(17)19-3)14(18)20-4/h5,7,10-12,16H,6,8-9H2,1-4H3/t10-,12-,15-/m0/s1. The molecule has 0 unspecified atom stereocenters. The number of aliphatic hydroxyl groups excluding tert-OH is 1. The zero-order valence-electron chi connectivity index (χ0n) is 12.6. The van der Waals surface area contributed by atoms with Crippen LogP contribution in [-0.4, -0.2) is 37.4 Å².